The van der Waals surface area contributed by atoms with E-state index in [0.29, 0.717) is 19.4 Å². The summed E-state index contributed by atoms with van der Waals surface area (Å²) in [7, 11) is 0. The molecular weight excluding hydrogens is 414 g/mol. The highest BCUT2D eigenvalue weighted by Gasteiger charge is 2.09. The maximum absolute atomic E-state index is 12.1. The van der Waals surface area contributed by atoms with Crippen LogP contribution in [0, 0.1) is 6.92 Å². The lowest BCUT2D eigenvalue weighted by Gasteiger charge is -2.04. The molecule has 180 valence electrons. The molecule has 31 heavy (non-hydrogen) atoms. The average molecular weight is 458 g/mol. The SMILES string of the molecule is CCCCCCCCCCCCCCCC(=O)CNc1nc(C)c(CCON(O)O)s1. The number of carbonyl (C=O) groups is 1. The number of anilines is 1. The molecule has 0 radical (unpaired) electrons. The molecule has 1 aromatic rings. The lowest BCUT2D eigenvalue weighted by Crippen LogP contribution is -2.16. The van der Waals surface area contributed by atoms with Gasteiger partial charge in [-0.15, -0.1) is 11.3 Å². The Kier molecular flexibility index (Phi) is 16.7. The number of nitrogens with one attached hydrogen (secondary N) is 1. The summed E-state index contributed by atoms with van der Waals surface area (Å²) in [4.78, 5) is 22.1. The van der Waals surface area contributed by atoms with Gasteiger partial charge in [0, 0.05) is 17.7 Å². The van der Waals surface area contributed by atoms with E-state index in [1.54, 1.807) is 0 Å². The summed E-state index contributed by atoms with van der Waals surface area (Å²) in [6.45, 7) is 4.61. The average Bonchev–Trinajstić information content (AvgIpc) is 3.09. The molecule has 1 heterocycles. The summed E-state index contributed by atoms with van der Waals surface area (Å²) in [5.41, 5.74) is 0.863. The van der Waals surface area contributed by atoms with Crippen LogP contribution in [-0.2, 0) is 16.1 Å². The van der Waals surface area contributed by atoms with E-state index in [2.05, 4.69) is 22.1 Å². The van der Waals surface area contributed by atoms with Crippen LogP contribution in [0.1, 0.15) is 107 Å². The van der Waals surface area contributed by atoms with E-state index in [0.717, 1.165) is 28.5 Å². The Balaban J connectivity index is 1.97. The Morgan fingerprint density at radius 3 is 2.06 bits per heavy atom. The first-order chi connectivity index (χ1) is 15.0. The largest absolute Gasteiger partial charge is 0.354 e. The van der Waals surface area contributed by atoms with Gasteiger partial charge in [0.2, 0.25) is 0 Å². The summed E-state index contributed by atoms with van der Waals surface area (Å²) in [5.74, 6) is 0.219. The van der Waals surface area contributed by atoms with Gasteiger partial charge in [0.05, 0.1) is 24.2 Å². The van der Waals surface area contributed by atoms with Crippen molar-refractivity contribution in [3.63, 3.8) is 0 Å². The number of thiazole rings is 1. The molecule has 0 aliphatic carbocycles. The van der Waals surface area contributed by atoms with Crippen LogP contribution in [0.25, 0.3) is 0 Å². The highest BCUT2D eigenvalue weighted by atomic mass is 32.1. The van der Waals surface area contributed by atoms with Crippen LogP contribution in [0.5, 0.6) is 0 Å². The molecule has 0 fully saturated rings. The van der Waals surface area contributed by atoms with Crippen molar-refractivity contribution in [1.29, 1.82) is 0 Å². The van der Waals surface area contributed by atoms with Crippen molar-refractivity contribution in [2.45, 2.75) is 110 Å². The minimum atomic E-state index is -0.287. The maximum atomic E-state index is 12.1. The Bertz CT molecular complexity index is 581. The molecule has 0 aromatic carbocycles. The summed E-state index contributed by atoms with van der Waals surface area (Å²) >= 11 is 1.46. The van der Waals surface area contributed by atoms with Gasteiger partial charge in [0.25, 0.3) is 0 Å². The van der Waals surface area contributed by atoms with Gasteiger partial charge in [0.1, 0.15) is 0 Å². The fourth-order valence-electron chi connectivity index (χ4n) is 3.56. The van der Waals surface area contributed by atoms with E-state index >= 15 is 0 Å². The second kappa shape index (κ2) is 18.5. The van der Waals surface area contributed by atoms with E-state index in [1.165, 1.54) is 82.0 Å². The molecule has 0 saturated carbocycles. The summed E-state index contributed by atoms with van der Waals surface area (Å²) in [6, 6.07) is 0. The smallest absolute Gasteiger partial charge is 0.183 e. The molecule has 0 aliphatic rings. The summed E-state index contributed by atoms with van der Waals surface area (Å²) in [6.07, 6.45) is 18.1. The number of hydrogen-bond donors (Lipinski definition) is 3. The first kappa shape index (κ1) is 28.0. The number of aryl methyl sites for hydroxylation is 1. The van der Waals surface area contributed by atoms with Crippen LogP contribution >= 0.6 is 11.3 Å². The van der Waals surface area contributed by atoms with Crippen LogP contribution in [0.15, 0.2) is 0 Å². The number of hydrogen-bond acceptors (Lipinski definition) is 8. The topological polar surface area (TPSA) is 94.9 Å². The molecule has 0 unspecified atom stereocenters. The summed E-state index contributed by atoms with van der Waals surface area (Å²) in [5, 5.41) is 20.6. The van der Waals surface area contributed by atoms with Crippen molar-refractivity contribution in [2.24, 2.45) is 0 Å². The van der Waals surface area contributed by atoms with E-state index in [-0.39, 0.29) is 17.8 Å². The Hall–Kier alpha value is -1.06. The highest BCUT2D eigenvalue weighted by Crippen LogP contribution is 2.23. The third-order valence-corrected chi connectivity index (χ3v) is 6.60. The number of aromatic nitrogens is 1. The van der Waals surface area contributed by atoms with Crippen LogP contribution in [0.2, 0.25) is 0 Å². The van der Waals surface area contributed by atoms with E-state index in [4.69, 9.17) is 10.4 Å². The van der Waals surface area contributed by atoms with E-state index in [9.17, 15) is 4.79 Å². The van der Waals surface area contributed by atoms with Crippen molar-refractivity contribution in [1.82, 2.24) is 10.4 Å². The predicted octanol–water partition coefficient (Wildman–Crippen LogP) is 6.47. The van der Waals surface area contributed by atoms with Gasteiger partial charge in [-0.3, -0.25) is 20.0 Å². The molecule has 1 aromatic heterocycles. The Morgan fingerprint density at radius 1 is 0.968 bits per heavy atom. The number of unbranched alkanes of at least 4 members (excludes halogenated alkanes) is 12. The number of rotatable bonds is 21. The van der Waals surface area contributed by atoms with Gasteiger partial charge in [-0.1, -0.05) is 84.0 Å². The minimum absolute atomic E-state index is 0.146. The first-order valence-corrected chi connectivity index (χ1v) is 12.9. The third kappa shape index (κ3) is 15.4. The predicted molar refractivity (Wildman–Crippen MR) is 126 cm³/mol. The monoisotopic (exact) mass is 457 g/mol. The second-order valence-electron chi connectivity index (χ2n) is 8.25. The lowest BCUT2D eigenvalue weighted by atomic mass is 10.0. The summed E-state index contributed by atoms with van der Waals surface area (Å²) < 4.78 is 0. The normalized spacial score (nSPS) is 11.4. The molecule has 7 nitrogen and oxygen atoms in total. The van der Waals surface area contributed by atoms with Crippen molar-refractivity contribution >= 4 is 22.3 Å². The van der Waals surface area contributed by atoms with Crippen LogP contribution in [-0.4, -0.2) is 39.7 Å². The molecule has 0 bridgehead atoms. The minimum Gasteiger partial charge on any atom is -0.354 e. The van der Waals surface area contributed by atoms with Crippen molar-refractivity contribution in [3.8, 4) is 0 Å². The van der Waals surface area contributed by atoms with E-state index < -0.39 is 0 Å². The highest BCUT2D eigenvalue weighted by molar-refractivity contribution is 7.15. The van der Waals surface area contributed by atoms with Crippen LogP contribution < -0.4 is 5.32 Å². The molecule has 0 saturated heterocycles. The van der Waals surface area contributed by atoms with Gasteiger partial charge < -0.3 is 5.32 Å². The number of carbonyl (C=O) groups excluding carboxylic acids is 1. The van der Waals surface area contributed by atoms with Crippen molar-refractivity contribution in [2.75, 3.05) is 18.5 Å². The van der Waals surface area contributed by atoms with Crippen molar-refractivity contribution in [3.05, 3.63) is 10.6 Å². The lowest BCUT2D eigenvalue weighted by molar-refractivity contribution is -0.492. The molecule has 0 amide bonds. The zero-order valence-electron chi connectivity index (χ0n) is 19.5. The Morgan fingerprint density at radius 2 is 1.52 bits per heavy atom. The molecule has 0 atom stereocenters. The molecule has 1 rings (SSSR count). The number of ketones is 1. The molecule has 0 spiro atoms. The van der Waals surface area contributed by atoms with Crippen molar-refractivity contribution < 1.29 is 20.0 Å². The zero-order chi connectivity index (χ0) is 22.7. The second-order valence-corrected chi connectivity index (χ2v) is 9.33. The maximum Gasteiger partial charge on any atom is 0.183 e. The quantitative estimate of drug-likeness (QED) is 0.144. The van der Waals surface area contributed by atoms with E-state index in [1.807, 2.05) is 6.92 Å². The van der Waals surface area contributed by atoms with Gasteiger partial charge in [-0.2, -0.15) is 0 Å². The molecular formula is C23H43N3O4S. The van der Waals surface area contributed by atoms with Gasteiger partial charge in [0.15, 0.2) is 10.9 Å². The zero-order valence-corrected chi connectivity index (χ0v) is 20.4. The third-order valence-electron chi connectivity index (χ3n) is 5.42. The fourth-order valence-corrected chi connectivity index (χ4v) is 4.50. The van der Waals surface area contributed by atoms with Crippen LogP contribution in [0.4, 0.5) is 5.13 Å². The molecule has 0 aliphatic heterocycles. The van der Waals surface area contributed by atoms with Gasteiger partial charge in [-0.25, -0.2) is 4.98 Å². The van der Waals surface area contributed by atoms with Gasteiger partial charge >= 0.3 is 0 Å². The van der Waals surface area contributed by atoms with Crippen LogP contribution in [0.3, 0.4) is 0 Å². The Labute approximate surface area is 192 Å². The number of Topliss-reactive ketones (excluding diaryl/α,β-unsaturated/α-hetero) is 1. The van der Waals surface area contributed by atoms with Gasteiger partial charge in [-0.05, 0) is 13.3 Å². The standard InChI is InChI=1S/C23H43N3O4S/c1-3-4-5-6-7-8-9-10-11-12-13-14-15-16-21(27)19-24-23-25-20(2)22(31-23)17-18-30-26(28)29/h28-29H,3-19H2,1-2H3,(H,24,25). The number of nitrogens with zero attached hydrogens (tertiary/aromatic N) is 2. The fraction of sp³-hybridized carbons (Fsp3) is 0.826. The first-order valence-electron chi connectivity index (χ1n) is 12.1. The molecule has 8 heteroatoms. The molecule has 3 N–H and O–H groups in total.